The standard InChI is InChI=1S/C15H23NO2/c1-12-11-13-5-2-3-6-14(13)15(12)16-7-4-9-18-10-8-17/h2-3,5-6,12,15-17H,4,7-11H2,1H3. The first-order chi connectivity index (χ1) is 8.83. The van der Waals surface area contributed by atoms with Crippen molar-refractivity contribution in [3.63, 3.8) is 0 Å². The van der Waals surface area contributed by atoms with Gasteiger partial charge in [-0.25, -0.2) is 0 Å². The lowest BCUT2D eigenvalue weighted by molar-refractivity contribution is 0.0901. The minimum Gasteiger partial charge on any atom is -0.394 e. The molecule has 0 spiro atoms. The van der Waals surface area contributed by atoms with Crippen LogP contribution in [0.3, 0.4) is 0 Å². The molecule has 2 N–H and O–H groups in total. The van der Waals surface area contributed by atoms with Crippen LogP contribution in [0.5, 0.6) is 0 Å². The second-order valence-electron chi connectivity index (χ2n) is 5.00. The van der Waals surface area contributed by atoms with Crippen molar-refractivity contribution < 1.29 is 9.84 Å². The van der Waals surface area contributed by atoms with Crippen LogP contribution in [-0.4, -0.2) is 31.5 Å². The zero-order valence-electron chi connectivity index (χ0n) is 11.1. The molecule has 0 radical (unpaired) electrons. The fourth-order valence-corrected chi connectivity index (χ4v) is 2.70. The highest BCUT2D eigenvalue weighted by Gasteiger charge is 2.27. The average Bonchev–Trinajstić information content (AvgIpc) is 2.70. The number of aliphatic hydroxyl groups is 1. The van der Waals surface area contributed by atoms with Gasteiger partial charge in [0.25, 0.3) is 0 Å². The van der Waals surface area contributed by atoms with E-state index in [-0.39, 0.29) is 6.61 Å². The van der Waals surface area contributed by atoms with Gasteiger partial charge >= 0.3 is 0 Å². The highest BCUT2D eigenvalue weighted by molar-refractivity contribution is 5.35. The highest BCUT2D eigenvalue weighted by atomic mass is 16.5. The molecule has 0 aliphatic heterocycles. The summed E-state index contributed by atoms with van der Waals surface area (Å²) in [5.74, 6) is 0.667. The first kappa shape index (κ1) is 13.5. The van der Waals surface area contributed by atoms with E-state index in [0.717, 1.165) is 19.6 Å². The number of nitrogens with one attached hydrogen (secondary N) is 1. The Morgan fingerprint density at radius 2 is 2.17 bits per heavy atom. The fourth-order valence-electron chi connectivity index (χ4n) is 2.70. The lowest BCUT2D eigenvalue weighted by Gasteiger charge is -2.18. The summed E-state index contributed by atoms with van der Waals surface area (Å²) in [5, 5.41) is 12.2. The smallest absolute Gasteiger partial charge is 0.0697 e. The average molecular weight is 249 g/mol. The van der Waals surface area contributed by atoms with Crippen LogP contribution in [-0.2, 0) is 11.2 Å². The van der Waals surface area contributed by atoms with Crippen LogP contribution < -0.4 is 5.32 Å². The van der Waals surface area contributed by atoms with E-state index in [1.165, 1.54) is 17.5 Å². The predicted molar refractivity (Wildman–Crippen MR) is 72.6 cm³/mol. The zero-order valence-corrected chi connectivity index (χ0v) is 11.1. The van der Waals surface area contributed by atoms with Gasteiger partial charge in [-0.1, -0.05) is 31.2 Å². The number of hydrogen-bond donors (Lipinski definition) is 2. The molecule has 1 aromatic rings. The number of ether oxygens (including phenoxy) is 1. The van der Waals surface area contributed by atoms with Crippen LogP contribution in [0.15, 0.2) is 24.3 Å². The lowest BCUT2D eigenvalue weighted by Crippen LogP contribution is -2.25. The van der Waals surface area contributed by atoms with Crippen molar-refractivity contribution in [2.75, 3.05) is 26.4 Å². The molecule has 0 bridgehead atoms. The maximum Gasteiger partial charge on any atom is 0.0697 e. The van der Waals surface area contributed by atoms with Gasteiger partial charge in [0.1, 0.15) is 0 Å². The van der Waals surface area contributed by atoms with E-state index < -0.39 is 0 Å². The second-order valence-corrected chi connectivity index (χ2v) is 5.00. The number of fused-ring (bicyclic) bond motifs is 1. The molecule has 1 aromatic carbocycles. The molecule has 2 unspecified atom stereocenters. The van der Waals surface area contributed by atoms with E-state index in [4.69, 9.17) is 9.84 Å². The van der Waals surface area contributed by atoms with Gasteiger partial charge in [0.2, 0.25) is 0 Å². The van der Waals surface area contributed by atoms with Crippen LogP contribution in [0.2, 0.25) is 0 Å². The van der Waals surface area contributed by atoms with Crippen LogP contribution in [0.25, 0.3) is 0 Å². The molecular formula is C15H23NO2. The molecule has 0 heterocycles. The summed E-state index contributed by atoms with van der Waals surface area (Å²) in [4.78, 5) is 0. The topological polar surface area (TPSA) is 41.5 Å². The fraction of sp³-hybridized carbons (Fsp3) is 0.600. The molecule has 0 saturated heterocycles. The Hall–Kier alpha value is -0.900. The van der Waals surface area contributed by atoms with Crippen LogP contribution >= 0.6 is 0 Å². The Balaban J connectivity index is 1.76. The molecule has 2 rings (SSSR count). The Bertz CT molecular complexity index is 367. The SMILES string of the molecule is CC1Cc2ccccc2C1NCCCOCCO. The Kier molecular flexibility index (Phi) is 5.17. The summed E-state index contributed by atoms with van der Waals surface area (Å²) in [5.41, 5.74) is 2.94. The van der Waals surface area contributed by atoms with Crippen molar-refractivity contribution in [2.24, 2.45) is 5.92 Å². The molecule has 0 saturated carbocycles. The number of hydrogen-bond acceptors (Lipinski definition) is 3. The molecule has 100 valence electrons. The van der Waals surface area contributed by atoms with Crippen LogP contribution in [0.1, 0.15) is 30.5 Å². The minimum absolute atomic E-state index is 0.112. The minimum atomic E-state index is 0.112. The summed E-state index contributed by atoms with van der Waals surface area (Å²) < 4.78 is 5.25. The van der Waals surface area contributed by atoms with Crippen molar-refractivity contribution in [1.29, 1.82) is 0 Å². The van der Waals surface area contributed by atoms with Crippen molar-refractivity contribution >= 4 is 0 Å². The predicted octanol–water partition coefficient (Wildman–Crippen LogP) is 1.91. The maximum atomic E-state index is 8.60. The molecule has 1 aliphatic rings. The highest BCUT2D eigenvalue weighted by Crippen LogP contribution is 2.35. The zero-order chi connectivity index (χ0) is 12.8. The molecule has 18 heavy (non-hydrogen) atoms. The molecule has 3 nitrogen and oxygen atoms in total. The van der Waals surface area contributed by atoms with Crippen LogP contribution in [0.4, 0.5) is 0 Å². The number of benzene rings is 1. The van der Waals surface area contributed by atoms with Crippen LogP contribution in [0, 0.1) is 5.92 Å². The summed E-state index contributed by atoms with van der Waals surface area (Å²) >= 11 is 0. The summed E-state index contributed by atoms with van der Waals surface area (Å²) in [7, 11) is 0. The van der Waals surface area contributed by atoms with Crippen molar-refractivity contribution in [1.82, 2.24) is 5.32 Å². The normalized spacial score (nSPS) is 22.1. The summed E-state index contributed by atoms with van der Waals surface area (Å²) in [6, 6.07) is 9.20. The quantitative estimate of drug-likeness (QED) is 0.725. The van der Waals surface area contributed by atoms with E-state index in [1.807, 2.05) is 0 Å². The Morgan fingerprint density at radius 1 is 1.33 bits per heavy atom. The Labute approximate surface area is 109 Å². The third-order valence-electron chi connectivity index (χ3n) is 3.57. The number of rotatable bonds is 7. The molecule has 0 aromatic heterocycles. The van der Waals surface area contributed by atoms with Gasteiger partial charge in [0.15, 0.2) is 0 Å². The Morgan fingerprint density at radius 3 is 3.00 bits per heavy atom. The molecule has 3 heteroatoms. The maximum absolute atomic E-state index is 8.60. The van der Waals surface area contributed by atoms with Gasteiger partial charge in [0, 0.05) is 12.6 Å². The molecule has 1 aliphatic carbocycles. The van der Waals surface area contributed by atoms with Gasteiger partial charge in [0.05, 0.1) is 13.2 Å². The van der Waals surface area contributed by atoms with Crippen molar-refractivity contribution in [2.45, 2.75) is 25.8 Å². The molecule has 0 fully saturated rings. The molecular weight excluding hydrogens is 226 g/mol. The third-order valence-corrected chi connectivity index (χ3v) is 3.57. The summed E-state index contributed by atoms with van der Waals surface area (Å²) in [6.45, 7) is 4.55. The van der Waals surface area contributed by atoms with Gasteiger partial charge in [-0.15, -0.1) is 0 Å². The largest absolute Gasteiger partial charge is 0.394 e. The van der Waals surface area contributed by atoms with E-state index in [2.05, 4.69) is 36.5 Å². The van der Waals surface area contributed by atoms with E-state index >= 15 is 0 Å². The number of aliphatic hydroxyl groups excluding tert-OH is 1. The summed E-state index contributed by atoms with van der Waals surface area (Å²) in [6.07, 6.45) is 2.17. The monoisotopic (exact) mass is 249 g/mol. The van der Waals surface area contributed by atoms with Crippen molar-refractivity contribution in [3.05, 3.63) is 35.4 Å². The van der Waals surface area contributed by atoms with Gasteiger partial charge in [-0.3, -0.25) is 0 Å². The van der Waals surface area contributed by atoms with Gasteiger partial charge in [-0.2, -0.15) is 0 Å². The second kappa shape index (κ2) is 6.88. The first-order valence-corrected chi connectivity index (χ1v) is 6.82. The van der Waals surface area contributed by atoms with Crippen molar-refractivity contribution in [3.8, 4) is 0 Å². The molecule has 2 atom stereocenters. The van der Waals surface area contributed by atoms with Gasteiger partial charge in [-0.05, 0) is 36.4 Å². The van der Waals surface area contributed by atoms with Gasteiger partial charge < -0.3 is 15.2 Å². The van der Waals surface area contributed by atoms with E-state index in [9.17, 15) is 0 Å². The van der Waals surface area contributed by atoms with E-state index in [0.29, 0.717) is 18.6 Å². The molecule has 0 amide bonds. The first-order valence-electron chi connectivity index (χ1n) is 6.82. The lowest BCUT2D eigenvalue weighted by atomic mass is 10.0. The third kappa shape index (κ3) is 3.31. The van der Waals surface area contributed by atoms with E-state index in [1.54, 1.807) is 0 Å².